The molecule has 9 nitrogen and oxygen atoms in total. The second-order valence-corrected chi connectivity index (χ2v) is 12.2. The van der Waals surface area contributed by atoms with Gasteiger partial charge in [0, 0.05) is 22.4 Å². The van der Waals surface area contributed by atoms with Crippen LogP contribution in [0.5, 0.6) is 5.75 Å². The zero-order chi connectivity index (χ0) is 30.0. The van der Waals surface area contributed by atoms with Gasteiger partial charge in [0.2, 0.25) is 0 Å². The number of anilines is 1. The third kappa shape index (κ3) is 6.03. The Bertz CT molecular complexity index is 1710. The number of non-ortho nitro benzene ring substituents is 1. The number of allylic oxidation sites excluding steroid dienone is 1. The summed E-state index contributed by atoms with van der Waals surface area (Å²) < 4.78 is 10.8. The first-order valence-electron chi connectivity index (χ1n) is 13.5. The molecule has 2 heterocycles. The molecule has 10 heteroatoms. The molecule has 4 aromatic rings. The molecular weight excluding hydrogens is 554 g/mol. The van der Waals surface area contributed by atoms with Crippen molar-refractivity contribution in [1.29, 1.82) is 0 Å². The smallest absolute Gasteiger partial charge is 0.339 e. The number of nitro benzene ring substituents is 1. The average Bonchev–Trinajstić information content (AvgIpc) is 3.47. The molecule has 42 heavy (non-hydrogen) atoms. The van der Waals surface area contributed by atoms with Gasteiger partial charge in [-0.15, -0.1) is 11.3 Å². The highest BCUT2D eigenvalue weighted by Gasteiger charge is 2.35. The monoisotopic (exact) mass is 585 g/mol. The highest BCUT2D eigenvalue weighted by Crippen LogP contribution is 2.45. The summed E-state index contributed by atoms with van der Waals surface area (Å²) >= 11 is 1.64. The van der Waals surface area contributed by atoms with Crippen molar-refractivity contribution in [3.8, 4) is 5.75 Å². The van der Waals surface area contributed by atoms with E-state index < -0.39 is 23.4 Å². The van der Waals surface area contributed by atoms with Crippen molar-refractivity contribution >= 4 is 57.1 Å². The maximum Gasteiger partial charge on any atom is 0.339 e. The molecule has 1 amide bonds. The predicted molar refractivity (Wildman–Crippen MR) is 164 cm³/mol. The van der Waals surface area contributed by atoms with Crippen molar-refractivity contribution in [2.24, 2.45) is 11.3 Å². The van der Waals surface area contributed by atoms with Gasteiger partial charge < -0.3 is 14.8 Å². The number of carbonyl (C=O) groups is 2. The summed E-state index contributed by atoms with van der Waals surface area (Å²) in [5.74, 6) is -0.792. The Kier molecular flexibility index (Phi) is 8.08. The average molecular weight is 586 g/mol. The Morgan fingerprint density at radius 3 is 2.62 bits per heavy atom. The molecule has 1 aliphatic rings. The van der Waals surface area contributed by atoms with Gasteiger partial charge >= 0.3 is 5.97 Å². The van der Waals surface area contributed by atoms with E-state index in [9.17, 15) is 19.7 Å². The van der Waals surface area contributed by atoms with Gasteiger partial charge in [-0.25, -0.2) is 9.78 Å². The minimum Gasteiger partial charge on any atom is -0.495 e. The third-order valence-electron chi connectivity index (χ3n) is 7.51. The normalized spacial score (nSPS) is 15.7. The fraction of sp³-hybridized carbons (Fsp3) is 0.281. The lowest BCUT2D eigenvalue weighted by Gasteiger charge is -2.36. The van der Waals surface area contributed by atoms with Crippen molar-refractivity contribution in [2.75, 3.05) is 19.0 Å². The van der Waals surface area contributed by atoms with Gasteiger partial charge in [-0.3, -0.25) is 14.9 Å². The van der Waals surface area contributed by atoms with E-state index >= 15 is 0 Å². The number of aromatic nitrogens is 1. The number of para-hydroxylation sites is 1. The molecule has 0 radical (unpaired) electrons. The molecule has 0 fully saturated rings. The van der Waals surface area contributed by atoms with Crippen LogP contribution in [0.1, 0.15) is 53.7 Å². The molecule has 1 N–H and O–H groups in total. The molecule has 1 atom stereocenters. The van der Waals surface area contributed by atoms with Crippen LogP contribution in [-0.4, -0.2) is 35.5 Å². The highest BCUT2D eigenvalue weighted by molar-refractivity contribution is 7.10. The number of amides is 1. The zero-order valence-corrected chi connectivity index (χ0v) is 24.6. The van der Waals surface area contributed by atoms with E-state index in [1.807, 2.05) is 35.7 Å². The number of methoxy groups -OCH3 is 1. The van der Waals surface area contributed by atoms with E-state index in [4.69, 9.17) is 14.5 Å². The molecule has 216 valence electrons. The zero-order valence-electron chi connectivity index (χ0n) is 23.8. The summed E-state index contributed by atoms with van der Waals surface area (Å²) in [5, 5.41) is 16.5. The number of fused-ring (bicyclic) bond motifs is 2. The molecule has 2 aromatic heterocycles. The van der Waals surface area contributed by atoms with Crippen LogP contribution in [0.4, 0.5) is 11.4 Å². The highest BCUT2D eigenvalue weighted by atomic mass is 32.1. The minimum absolute atomic E-state index is 0.0315. The number of rotatable bonds is 7. The van der Waals surface area contributed by atoms with Crippen LogP contribution < -0.4 is 10.1 Å². The van der Waals surface area contributed by atoms with E-state index in [1.54, 1.807) is 11.3 Å². The standard InChI is InChI=1S/C32H31N3O6S/c1-32(2,3)20-14-19(15-22-8-7-13-42-22)30-24(16-20)29(23-9-5-6-10-25(23)34-30)31(37)41-18-28(36)33-26-17-21(35(38)39)11-12-27(26)40-4/h5-13,15,17,20H,14,16,18H2,1-4H3,(H,33,36)/b19-15+. The maximum absolute atomic E-state index is 13.8. The number of esters is 1. The molecule has 2 aromatic carbocycles. The van der Waals surface area contributed by atoms with E-state index in [-0.39, 0.29) is 28.5 Å². The molecular formula is C32H31N3O6S. The van der Waals surface area contributed by atoms with Crippen molar-refractivity contribution in [2.45, 2.75) is 33.6 Å². The summed E-state index contributed by atoms with van der Waals surface area (Å²) in [7, 11) is 1.39. The Morgan fingerprint density at radius 2 is 1.93 bits per heavy atom. The maximum atomic E-state index is 13.8. The fourth-order valence-corrected chi connectivity index (χ4v) is 5.89. The van der Waals surface area contributed by atoms with Gasteiger partial charge in [0.15, 0.2) is 6.61 Å². The third-order valence-corrected chi connectivity index (χ3v) is 8.32. The minimum atomic E-state index is -0.653. The molecule has 0 bridgehead atoms. The summed E-state index contributed by atoms with van der Waals surface area (Å²) in [6.45, 7) is 6.01. The first kappa shape index (κ1) is 28.9. The molecule has 1 unspecified atom stereocenters. The Labute approximate surface area is 247 Å². The van der Waals surface area contributed by atoms with Crippen LogP contribution in [0.15, 0.2) is 60.0 Å². The van der Waals surface area contributed by atoms with Crippen LogP contribution in [0.2, 0.25) is 0 Å². The second-order valence-electron chi connectivity index (χ2n) is 11.3. The summed E-state index contributed by atoms with van der Waals surface area (Å²) in [6.07, 6.45) is 3.61. The number of benzene rings is 2. The molecule has 0 spiro atoms. The number of nitrogens with one attached hydrogen (secondary N) is 1. The fourth-order valence-electron chi connectivity index (χ4n) is 5.21. The largest absolute Gasteiger partial charge is 0.495 e. The van der Waals surface area contributed by atoms with Crippen LogP contribution >= 0.6 is 11.3 Å². The van der Waals surface area contributed by atoms with Gasteiger partial charge in [0.25, 0.3) is 11.6 Å². The molecule has 0 saturated carbocycles. The van der Waals surface area contributed by atoms with Gasteiger partial charge in [-0.1, -0.05) is 45.0 Å². The molecule has 5 rings (SSSR count). The quantitative estimate of drug-likeness (QED) is 0.139. The first-order valence-corrected chi connectivity index (χ1v) is 14.4. The number of hydrogen-bond acceptors (Lipinski definition) is 8. The van der Waals surface area contributed by atoms with E-state index in [0.717, 1.165) is 28.1 Å². The molecule has 0 saturated heterocycles. The molecule has 1 aliphatic carbocycles. The number of carbonyl (C=O) groups excluding carboxylic acids is 2. The number of hydrogen-bond donors (Lipinski definition) is 1. The van der Waals surface area contributed by atoms with E-state index in [1.165, 1.54) is 25.3 Å². The molecule has 0 aliphatic heterocycles. The summed E-state index contributed by atoms with van der Waals surface area (Å²) in [5.41, 5.74) is 3.59. The Balaban J connectivity index is 1.49. The van der Waals surface area contributed by atoms with Crippen molar-refractivity contribution in [3.05, 3.63) is 91.8 Å². The number of nitro groups is 1. The van der Waals surface area contributed by atoms with Gasteiger partial charge in [-0.05, 0) is 65.0 Å². The lowest BCUT2D eigenvalue weighted by atomic mass is 9.69. The van der Waals surface area contributed by atoms with Crippen LogP contribution in [0.25, 0.3) is 22.6 Å². The van der Waals surface area contributed by atoms with Crippen molar-refractivity contribution in [3.63, 3.8) is 0 Å². The SMILES string of the molecule is COc1ccc([N+](=O)[O-])cc1NC(=O)COC(=O)c1c2c(nc3ccccc13)/C(=C/c1cccs1)CC(C(C)(C)C)C2. The van der Waals surface area contributed by atoms with Crippen molar-refractivity contribution < 1.29 is 24.0 Å². The van der Waals surface area contributed by atoms with Gasteiger partial charge in [-0.2, -0.15) is 0 Å². The van der Waals surface area contributed by atoms with Crippen LogP contribution in [-0.2, 0) is 16.0 Å². The first-order chi connectivity index (χ1) is 20.0. The Morgan fingerprint density at radius 1 is 1.14 bits per heavy atom. The number of pyridine rings is 1. The number of ether oxygens (including phenoxy) is 2. The lowest BCUT2D eigenvalue weighted by Crippen LogP contribution is -2.29. The van der Waals surface area contributed by atoms with Crippen LogP contribution in [0, 0.1) is 21.4 Å². The second kappa shape index (κ2) is 11.7. The lowest BCUT2D eigenvalue weighted by molar-refractivity contribution is -0.384. The number of nitrogens with zero attached hydrogens (tertiary/aromatic N) is 2. The van der Waals surface area contributed by atoms with Crippen molar-refractivity contribution in [1.82, 2.24) is 4.98 Å². The summed E-state index contributed by atoms with van der Waals surface area (Å²) in [6, 6.07) is 15.4. The summed E-state index contributed by atoms with van der Waals surface area (Å²) in [4.78, 5) is 43.4. The Hall–Kier alpha value is -4.57. The topological polar surface area (TPSA) is 121 Å². The predicted octanol–water partition coefficient (Wildman–Crippen LogP) is 7.16. The van der Waals surface area contributed by atoms with Gasteiger partial charge in [0.1, 0.15) is 5.75 Å². The van der Waals surface area contributed by atoms with E-state index in [2.05, 4.69) is 38.2 Å². The van der Waals surface area contributed by atoms with Gasteiger partial charge in [0.05, 0.1) is 34.5 Å². The van der Waals surface area contributed by atoms with Crippen LogP contribution in [0.3, 0.4) is 0 Å². The number of thiophene rings is 1. The van der Waals surface area contributed by atoms with E-state index in [0.29, 0.717) is 22.9 Å².